The second-order valence-corrected chi connectivity index (χ2v) is 9.59. The molecule has 2 aromatic heterocycles. The Hall–Kier alpha value is -3.62. The monoisotopic (exact) mass is 523 g/mol. The number of carboxylic acid groups (broad SMARTS) is 1. The van der Waals surface area contributed by atoms with Gasteiger partial charge in [0, 0.05) is 23.1 Å². The number of halogens is 2. The van der Waals surface area contributed by atoms with Gasteiger partial charge >= 0.3 is 5.97 Å². The van der Waals surface area contributed by atoms with Crippen molar-refractivity contribution in [1.29, 1.82) is 0 Å². The highest BCUT2D eigenvalue weighted by atomic mass is 35.5. The molecular formula is C26H19Cl2N3O5. The third kappa shape index (κ3) is 4.27. The zero-order valence-electron chi connectivity index (χ0n) is 18.8. The summed E-state index contributed by atoms with van der Waals surface area (Å²) in [6.45, 7) is 0.155. The Labute approximate surface area is 215 Å². The number of fused-ring (bicyclic) bond motifs is 2. The molecular weight excluding hydrogens is 505 g/mol. The fourth-order valence-electron chi connectivity index (χ4n) is 4.29. The summed E-state index contributed by atoms with van der Waals surface area (Å²) in [4.78, 5) is 11.3. The largest absolute Gasteiger partial charge is 0.478 e. The number of ether oxygens (including phenoxy) is 2. The van der Waals surface area contributed by atoms with E-state index in [9.17, 15) is 9.90 Å². The molecule has 4 aromatic rings. The molecule has 1 saturated carbocycles. The SMILES string of the molecule is O=C(O)c1ccc2c(c1)Oc1nnc(OCc3c(-c4c(Cl)cccc4Cl)noc3C3CC3)cc1CC2. The van der Waals surface area contributed by atoms with Crippen LogP contribution in [0.5, 0.6) is 17.5 Å². The van der Waals surface area contributed by atoms with Gasteiger partial charge in [0.25, 0.3) is 0 Å². The highest BCUT2D eigenvalue weighted by molar-refractivity contribution is 6.39. The summed E-state index contributed by atoms with van der Waals surface area (Å²) < 4.78 is 17.7. The first-order valence-corrected chi connectivity index (χ1v) is 12.2. The van der Waals surface area contributed by atoms with Crippen LogP contribution in [-0.4, -0.2) is 26.4 Å². The zero-order valence-corrected chi connectivity index (χ0v) is 20.3. The van der Waals surface area contributed by atoms with Crippen molar-refractivity contribution >= 4 is 29.2 Å². The van der Waals surface area contributed by atoms with Crippen LogP contribution in [0.3, 0.4) is 0 Å². The van der Waals surface area contributed by atoms with E-state index < -0.39 is 5.97 Å². The van der Waals surface area contributed by atoms with Crippen molar-refractivity contribution in [3.63, 3.8) is 0 Å². The van der Waals surface area contributed by atoms with Crippen LogP contribution < -0.4 is 9.47 Å². The summed E-state index contributed by atoms with van der Waals surface area (Å²) in [7, 11) is 0. The first kappa shape index (κ1) is 22.8. The summed E-state index contributed by atoms with van der Waals surface area (Å²) in [6, 6.07) is 11.9. The van der Waals surface area contributed by atoms with Crippen LogP contribution in [0.15, 0.2) is 47.0 Å². The minimum atomic E-state index is -1.02. The van der Waals surface area contributed by atoms with E-state index in [1.807, 2.05) is 0 Å². The van der Waals surface area contributed by atoms with E-state index in [2.05, 4.69) is 15.4 Å². The topological polar surface area (TPSA) is 108 Å². The molecule has 36 heavy (non-hydrogen) atoms. The van der Waals surface area contributed by atoms with Crippen molar-refractivity contribution in [2.45, 2.75) is 38.2 Å². The van der Waals surface area contributed by atoms with E-state index >= 15 is 0 Å². The van der Waals surface area contributed by atoms with Gasteiger partial charge in [-0.2, -0.15) is 0 Å². The van der Waals surface area contributed by atoms with Gasteiger partial charge in [-0.15, -0.1) is 10.2 Å². The van der Waals surface area contributed by atoms with Crippen molar-refractivity contribution in [2.75, 3.05) is 0 Å². The van der Waals surface area contributed by atoms with Gasteiger partial charge in [0.2, 0.25) is 11.8 Å². The molecule has 6 rings (SSSR count). The predicted octanol–water partition coefficient (Wildman–Crippen LogP) is 6.48. The fraction of sp³-hybridized carbons (Fsp3) is 0.231. The van der Waals surface area contributed by atoms with E-state index in [1.165, 1.54) is 6.07 Å². The number of aryl methyl sites for hydroxylation is 2. The minimum absolute atomic E-state index is 0.153. The first-order chi connectivity index (χ1) is 17.5. The number of rotatable bonds is 6. The highest BCUT2D eigenvalue weighted by Crippen LogP contribution is 2.46. The van der Waals surface area contributed by atoms with Crippen molar-refractivity contribution < 1.29 is 23.9 Å². The Morgan fingerprint density at radius 3 is 2.58 bits per heavy atom. The standard InChI is InChI=1S/C26H19Cl2N3O5/c27-18-2-1-3-19(28)22(18)23-17(24(36-31-23)14-6-7-14)12-34-21-11-15-8-4-13-5-9-16(26(32)33)10-20(13)35-25(15)30-29-21/h1-3,5,9-11,14H,4,6-8,12H2,(H,32,33). The summed E-state index contributed by atoms with van der Waals surface area (Å²) in [6.07, 6.45) is 3.36. The van der Waals surface area contributed by atoms with E-state index in [1.54, 1.807) is 36.4 Å². The van der Waals surface area contributed by atoms with Gasteiger partial charge in [-0.05, 0) is 55.5 Å². The lowest BCUT2D eigenvalue weighted by atomic mass is 10.0. The number of hydrogen-bond donors (Lipinski definition) is 1. The number of benzene rings is 2. The molecule has 10 heteroatoms. The van der Waals surface area contributed by atoms with E-state index in [0.29, 0.717) is 57.6 Å². The van der Waals surface area contributed by atoms with Crippen LogP contribution in [0, 0.1) is 0 Å². The zero-order chi connectivity index (χ0) is 24.8. The fourth-order valence-corrected chi connectivity index (χ4v) is 4.87. The summed E-state index contributed by atoms with van der Waals surface area (Å²) in [5, 5.41) is 22.9. The Morgan fingerprint density at radius 2 is 1.83 bits per heavy atom. The Balaban J connectivity index is 1.27. The number of hydrogen-bond acceptors (Lipinski definition) is 7. The van der Waals surface area contributed by atoms with Crippen molar-refractivity contribution in [1.82, 2.24) is 15.4 Å². The molecule has 0 radical (unpaired) electrons. The molecule has 182 valence electrons. The van der Waals surface area contributed by atoms with Crippen molar-refractivity contribution in [3.8, 4) is 28.8 Å². The van der Waals surface area contributed by atoms with E-state index in [4.69, 9.17) is 37.2 Å². The number of carboxylic acids is 1. The number of nitrogens with zero attached hydrogens (tertiary/aromatic N) is 3. The van der Waals surface area contributed by atoms with Gasteiger partial charge in [0.1, 0.15) is 23.8 Å². The Morgan fingerprint density at radius 1 is 1.06 bits per heavy atom. The number of carbonyl (C=O) groups is 1. The van der Waals surface area contributed by atoms with Crippen molar-refractivity contribution in [2.24, 2.45) is 0 Å². The molecule has 1 N–H and O–H groups in total. The van der Waals surface area contributed by atoms with E-state index in [0.717, 1.165) is 35.3 Å². The Bertz CT molecular complexity index is 1480. The second-order valence-electron chi connectivity index (χ2n) is 8.78. The van der Waals surface area contributed by atoms with Gasteiger partial charge < -0.3 is 19.1 Å². The van der Waals surface area contributed by atoms with Crippen LogP contribution in [-0.2, 0) is 19.4 Å². The quantitative estimate of drug-likeness (QED) is 0.305. The average Bonchev–Trinajstić information content (AvgIpc) is 3.65. The molecule has 0 spiro atoms. The maximum atomic E-state index is 11.3. The number of aromatic carboxylic acids is 1. The summed E-state index contributed by atoms with van der Waals surface area (Å²) >= 11 is 12.9. The maximum Gasteiger partial charge on any atom is 0.335 e. The van der Waals surface area contributed by atoms with Crippen LogP contribution in [0.1, 0.15) is 51.6 Å². The first-order valence-electron chi connectivity index (χ1n) is 11.4. The number of aromatic nitrogens is 3. The molecule has 2 aliphatic rings. The Kier molecular flexibility index (Phi) is 5.78. The molecule has 0 bridgehead atoms. The van der Waals surface area contributed by atoms with E-state index in [-0.39, 0.29) is 12.2 Å². The molecule has 1 fully saturated rings. The third-order valence-corrected chi connectivity index (χ3v) is 6.96. The maximum absolute atomic E-state index is 11.3. The average molecular weight is 524 g/mol. The van der Waals surface area contributed by atoms with Crippen LogP contribution in [0.4, 0.5) is 0 Å². The lowest BCUT2D eigenvalue weighted by Crippen LogP contribution is -2.04. The van der Waals surface area contributed by atoms with Gasteiger partial charge in [-0.3, -0.25) is 0 Å². The molecule has 3 heterocycles. The molecule has 0 amide bonds. The molecule has 2 aromatic carbocycles. The van der Waals surface area contributed by atoms with Gasteiger partial charge in [0.05, 0.1) is 21.2 Å². The van der Waals surface area contributed by atoms with Gasteiger partial charge in [-0.1, -0.05) is 40.5 Å². The second kappa shape index (κ2) is 9.11. The normalized spacial score (nSPS) is 14.4. The molecule has 0 atom stereocenters. The third-order valence-electron chi connectivity index (χ3n) is 6.33. The lowest BCUT2D eigenvalue weighted by Gasteiger charge is -2.11. The van der Waals surface area contributed by atoms with Crippen LogP contribution >= 0.6 is 23.2 Å². The van der Waals surface area contributed by atoms with Gasteiger partial charge in [0.15, 0.2) is 0 Å². The summed E-state index contributed by atoms with van der Waals surface area (Å²) in [5.74, 6) is 1.18. The smallest absolute Gasteiger partial charge is 0.335 e. The minimum Gasteiger partial charge on any atom is -0.478 e. The highest BCUT2D eigenvalue weighted by Gasteiger charge is 2.34. The van der Waals surface area contributed by atoms with Crippen LogP contribution in [0.25, 0.3) is 11.3 Å². The summed E-state index contributed by atoms with van der Waals surface area (Å²) in [5.41, 5.74) is 3.82. The van der Waals surface area contributed by atoms with Gasteiger partial charge in [-0.25, -0.2) is 4.79 Å². The van der Waals surface area contributed by atoms with Crippen molar-refractivity contribution in [3.05, 3.63) is 80.5 Å². The van der Waals surface area contributed by atoms with Crippen LogP contribution in [0.2, 0.25) is 10.0 Å². The molecule has 8 nitrogen and oxygen atoms in total. The predicted molar refractivity (Wildman–Crippen MR) is 131 cm³/mol. The molecule has 0 saturated heterocycles. The lowest BCUT2D eigenvalue weighted by molar-refractivity contribution is 0.0696. The molecule has 0 unspecified atom stereocenters. The molecule has 1 aliphatic heterocycles. The molecule has 1 aliphatic carbocycles.